The topological polar surface area (TPSA) is 64.6 Å². The summed E-state index contributed by atoms with van der Waals surface area (Å²) in [6.07, 6.45) is -0.314. The molecular formula is C20H22FNO4. The van der Waals surface area contributed by atoms with Crippen LogP contribution >= 0.6 is 0 Å². The number of rotatable bonds is 7. The molecule has 0 aliphatic rings. The third-order valence-electron chi connectivity index (χ3n) is 3.76. The van der Waals surface area contributed by atoms with Crippen LogP contribution in [0.2, 0.25) is 0 Å². The van der Waals surface area contributed by atoms with E-state index >= 15 is 0 Å². The lowest BCUT2D eigenvalue weighted by molar-refractivity contribution is -0.122. The van der Waals surface area contributed by atoms with Crippen molar-refractivity contribution in [2.24, 2.45) is 0 Å². The molecular weight excluding hydrogens is 337 g/mol. The first kappa shape index (κ1) is 19.4. The van der Waals surface area contributed by atoms with Gasteiger partial charge in [-0.3, -0.25) is 4.79 Å². The number of aryl methyl sites for hydroxylation is 1. The predicted octanol–water partition coefficient (Wildman–Crippen LogP) is 4.11. The Bertz CT molecular complexity index is 774. The Kier molecular flexibility index (Phi) is 6.72. The number of esters is 1. The minimum Gasteiger partial charge on any atom is -0.481 e. The van der Waals surface area contributed by atoms with Crippen LogP contribution in [0.15, 0.2) is 42.5 Å². The summed E-state index contributed by atoms with van der Waals surface area (Å²) in [5.41, 5.74) is 1.69. The number of ether oxygens (including phenoxy) is 2. The summed E-state index contributed by atoms with van der Waals surface area (Å²) in [6.45, 7) is 5.65. The van der Waals surface area contributed by atoms with Gasteiger partial charge in [0.1, 0.15) is 11.6 Å². The first-order chi connectivity index (χ1) is 12.4. The lowest BCUT2D eigenvalue weighted by Gasteiger charge is -2.18. The van der Waals surface area contributed by atoms with Gasteiger partial charge in [0.05, 0.1) is 12.2 Å². The van der Waals surface area contributed by atoms with Crippen molar-refractivity contribution in [2.75, 3.05) is 11.9 Å². The fraction of sp³-hybridized carbons (Fsp3) is 0.300. The van der Waals surface area contributed by atoms with E-state index in [2.05, 4.69) is 5.32 Å². The molecule has 0 saturated carbocycles. The highest BCUT2D eigenvalue weighted by Gasteiger charge is 2.20. The van der Waals surface area contributed by atoms with E-state index in [0.29, 0.717) is 23.4 Å². The van der Waals surface area contributed by atoms with Crippen molar-refractivity contribution < 1.29 is 23.5 Å². The molecule has 0 saturated heterocycles. The van der Waals surface area contributed by atoms with Crippen molar-refractivity contribution in [3.05, 3.63) is 59.4 Å². The van der Waals surface area contributed by atoms with Crippen LogP contribution in [0.1, 0.15) is 36.2 Å². The summed E-state index contributed by atoms with van der Waals surface area (Å²) in [7, 11) is 0. The average molecular weight is 359 g/mol. The number of halogens is 1. The molecule has 2 rings (SSSR count). The van der Waals surface area contributed by atoms with Crippen molar-refractivity contribution in [3.8, 4) is 5.75 Å². The van der Waals surface area contributed by atoms with E-state index in [1.165, 1.54) is 24.3 Å². The molecule has 2 aromatic carbocycles. The van der Waals surface area contributed by atoms with Gasteiger partial charge >= 0.3 is 5.97 Å². The number of hydrogen-bond donors (Lipinski definition) is 1. The Balaban J connectivity index is 2.12. The van der Waals surface area contributed by atoms with E-state index < -0.39 is 12.1 Å². The van der Waals surface area contributed by atoms with Crippen molar-refractivity contribution in [1.82, 2.24) is 0 Å². The third kappa shape index (κ3) is 5.05. The number of carbonyl (C=O) groups excluding carboxylic acids is 2. The van der Waals surface area contributed by atoms with Crippen LogP contribution < -0.4 is 10.1 Å². The Hall–Kier alpha value is -2.89. The summed E-state index contributed by atoms with van der Waals surface area (Å²) in [4.78, 5) is 24.4. The lowest BCUT2D eigenvalue weighted by atomic mass is 10.1. The maximum absolute atomic E-state index is 13.0. The highest BCUT2D eigenvalue weighted by molar-refractivity contribution is 5.97. The number of anilines is 1. The summed E-state index contributed by atoms with van der Waals surface area (Å²) < 4.78 is 23.6. The molecule has 26 heavy (non-hydrogen) atoms. The third-order valence-corrected chi connectivity index (χ3v) is 3.76. The zero-order valence-electron chi connectivity index (χ0n) is 15.0. The first-order valence-corrected chi connectivity index (χ1v) is 8.45. The van der Waals surface area contributed by atoms with Crippen molar-refractivity contribution in [1.29, 1.82) is 0 Å². The van der Waals surface area contributed by atoms with Gasteiger partial charge in [0, 0.05) is 5.69 Å². The van der Waals surface area contributed by atoms with Crippen LogP contribution in [0.3, 0.4) is 0 Å². The molecule has 0 bridgehead atoms. The maximum Gasteiger partial charge on any atom is 0.338 e. The minimum atomic E-state index is -0.744. The lowest BCUT2D eigenvalue weighted by Crippen LogP contribution is -2.32. The quantitative estimate of drug-likeness (QED) is 0.756. The molecule has 0 aliphatic heterocycles. The fourth-order valence-electron chi connectivity index (χ4n) is 2.31. The van der Waals surface area contributed by atoms with Gasteiger partial charge < -0.3 is 14.8 Å². The summed E-state index contributed by atoms with van der Waals surface area (Å²) in [5, 5.41) is 2.78. The second-order valence-corrected chi connectivity index (χ2v) is 5.71. The molecule has 0 aliphatic carbocycles. The highest BCUT2D eigenvalue weighted by atomic mass is 19.1. The number of benzene rings is 2. The number of hydrogen-bond acceptors (Lipinski definition) is 4. The number of nitrogens with one attached hydrogen (secondary N) is 1. The number of carbonyl (C=O) groups is 2. The van der Waals surface area contributed by atoms with Crippen LogP contribution in [0, 0.1) is 12.7 Å². The van der Waals surface area contributed by atoms with E-state index in [1.807, 2.05) is 13.8 Å². The molecule has 5 nitrogen and oxygen atoms in total. The first-order valence-electron chi connectivity index (χ1n) is 8.45. The molecule has 1 N–H and O–H groups in total. The minimum absolute atomic E-state index is 0.276. The molecule has 0 spiro atoms. The second-order valence-electron chi connectivity index (χ2n) is 5.71. The SMILES string of the molecule is CCOC(=O)c1ccc(C)c(NC(=O)C(CC)Oc2ccc(F)cc2)c1. The van der Waals surface area contributed by atoms with Crippen LogP contribution in [0.5, 0.6) is 5.75 Å². The molecule has 1 unspecified atom stereocenters. The van der Waals surface area contributed by atoms with Crippen molar-refractivity contribution in [3.63, 3.8) is 0 Å². The maximum atomic E-state index is 13.0. The van der Waals surface area contributed by atoms with Gasteiger partial charge in [-0.2, -0.15) is 0 Å². The van der Waals surface area contributed by atoms with Crippen molar-refractivity contribution >= 4 is 17.6 Å². The Morgan fingerprint density at radius 1 is 1.12 bits per heavy atom. The average Bonchev–Trinajstić information content (AvgIpc) is 2.63. The van der Waals surface area contributed by atoms with Crippen molar-refractivity contribution in [2.45, 2.75) is 33.3 Å². The van der Waals surface area contributed by atoms with Gasteiger partial charge in [0.15, 0.2) is 6.10 Å². The van der Waals surface area contributed by atoms with E-state index in [9.17, 15) is 14.0 Å². The summed E-state index contributed by atoms with van der Waals surface area (Å²) in [5.74, 6) is -0.759. The molecule has 0 heterocycles. The van der Waals surface area contributed by atoms with E-state index in [4.69, 9.17) is 9.47 Å². The number of amides is 1. The van der Waals surface area contributed by atoms with E-state index in [-0.39, 0.29) is 18.3 Å². The predicted molar refractivity (Wildman–Crippen MR) is 96.9 cm³/mol. The Morgan fingerprint density at radius 3 is 2.42 bits per heavy atom. The van der Waals surface area contributed by atoms with Gasteiger partial charge in [0.2, 0.25) is 0 Å². The molecule has 2 aromatic rings. The standard InChI is InChI=1S/C20H22FNO4/c1-4-18(26-16-10-8-15(21)9-11-16)19(23)22-17-12-14(7-6-13(17)3)20(24)25-5-2/h6-12,18H,4-5H2,1-3H3,(H,22,23). The molecule has 6 heteroatoms. The Morgan fingerprint density at radius 2 is 1.81 bits per heavy atom. The van der Waals surface area contributed by atoms with E-state index in [0.717, 1.165) is 5.56 Å². The largest absolute Gasteiger partial charge is 0.481 e. The molecule has 138 valence electrons. The van der Waals surface area contributed by atoms with Gasteiger partial charge in [-0.05, 0) is 62.2 Å². The van der Waals surface area contributed by atoms with Gasteiger partial charge in [-0.15, -0.1) is 0 Å². The van der Waals surface area contributed by atoms with Crippen LogP contribution in [-0.2, 0) is 9.53 Å². The van der Waals surface area contributed by atoms with Gasteiger partial charge in [-0.1, -0.05) is 13.0 Å². The van der Waals surface area contributed by atoms with Crippen LogP contribution in [-0.4, -0.2) is 24.6 Å². The van der Waals surface area contributed by atoms with Crippen LogP contribution in [0.25, 0.3) is 0 Å². The molecule has 0 aromatic heterocycles. The summed E-state index contributed by atoms with van der Waals surface area (Å²) >= 11 is 0. The smallest absolute Gasteiger partial charge is 0.338 e. The fourth-order valence-corrected chi connectivity index (χ4v) is 2.31. The Labute approximate surface area is 152 Å². The molecule has 1 atom stereocenters. The van der Waals surface area contributed by atoms with Gasteiger partial charge in [-0.25, -0.2) is 9.18 Å². The zero-order valence-corrected chi connectivity index (χ0v) is 15.0. The normalized spacial score (nSPS) is 11.5. The molecule has 0 radical (unpaired) electrons. The van der Waals surface area contributed by atoms with Crippen LogP contribution in [0.4, 0.5) is 10.1 Å². The monoisotopic (exact) mass is 359 g/mol. The molecule has 1 amide bonds. The summed E-state index contributed by atoms with van der Waals surface area (Å²) in [6, 6.07) is 10.4. The second kappa shape index (κ2) is 8.99. The highest BCUT2D eigenvalue weighted by Crippen LogP contribution is 2.20. The van der Waals surface area contributed by atoms with Gasteiger partial charge in [0.25, 0.3) is 5.91 Å². The van der Waals surface area contributed by atoms with E-state index in [1.54, 1.807) is 25.1 Å². The molecule has 0 fully saturated rings. The zero-order chi connectivity index (χ0) is 19.1.